The van der Waals surface area contributed by atoms with Crippen molar-refractivity contribution in [1.82, 2.24) is 9.55 Å². The predicted molar refractivity (Wildman–Crippen MR) is 85.5 cm³/mol. The molecule has 1 aliphatic rings. The van der Waals surface area contributed by atoms with Crippen molar-refractivity contribution in [2.75, 3.05) is 19.1 Å². The highest BCUT2D eigenvalue weighted by atomic mass is 32.2. The molecule has 0 saturated heterocycles. The second-order valence-electron chi connectivity index (χ2n) is 5.36. The number of thioether (sulfide) groups is 1. The van der Waals surface area contributed by atoms with Gasteiger partial charge in [-0.25, -0.2) is 4.98 Å². The van der Waals surface area contributed by atoms with Crippen LogP contribution >= 0.6 is 11.8 Å². The van der Waals surface area contributed by atoms with Gasteiger partial charge in [0.1, 0.15) is 5.75 Å². The molecule has 4 nitrogen and oxygen atoms in total. The number of rotatable bonds is 3. The zero-order valence-electron chi connectivity index (χ0n) is 12.0. The Morgan fingerprint density at radius 2 is 2.05 bits per heavy atom. The van der Waals surface area contributed by atoms with Crippen LogP contribution < -0.4 is 10.5 Å². The maximum absolute atomic E-state index is 6.15. The molecule has 0 spiro atoms. The van der Waals surface area contributed by atoms with E-state index in [4.69, 9.17) is 10.5 Å². The fourth-order valence-electron chi connectivity index (χ4n) is 3.15. The molecule has 108 valence electrons. The molecule has 0 unspecified atom stereocenters. The minimum atomic E-state index is 0.483. The number of nitrogens with two attached hydrogens (primary N) is 1. The van der Waals surface area contributed by atoms with Crippen LogP contribution in [0.3, 0.4) is 0 Å². The van der Waals surface area contributed by atoms with Crippen LogP contribution in [0.25, 0.3) is 11.0 Å². The summed E-state index contributed by atoms with van der Waals surface area (Å²) in [7, 11) is 1.67. The van der Waals surface area contributed by atoms with Gasteiger partial charge in [-0.1, -0.05) is 0 Å². The number of hydrogen-bond donors (Lipinski definition) is 1. The van der Waals surface area contributed by atoms with E-state index in [1.807, 2.05) is 23.9 Å². The Bertz CT molecular complexity index is 602. The molecule has 2 N–H and O–H groups in total. The molecule has 0 radical (unpaired) electrons. The molecule has 2 aromatic rings. The van der Waals surface area contributed by atoms with Gasteiger partial charge in [0.15, 0.2) is 0 Å². The summed E-state index contributed by atoms with van der Waals surface area (Å²) in [6.07, 6.45) is 7.11. The number of aromatic nitrogens is 2. The number of anilines is 1. The molecule has 5 heteroatoms. The molecule has 1 aromatic heterocycles. The maximum atomic E-state index is 6.15. The van der Waals surface area contributed by atoms with E-state index in [9.17, 15) is 0 Å². The van der Waals surface area contributed by atoms with Crippen molar-refractivity contribution in [2.24, 2.45) is 0 Å². The third-order valence-corrected chi connectivity index (χ3v) is 5.40. The van der Waals surface area contributed by atoms with Crippen LogP contribution in [0, 0.1) is 0 Å². The fraction of sp³-hybridized carbons (Fsp3) is 0.533. The number of hydrogen-bond acceptors (Lipinski definition) is 4. The van der Waals surface area contributed by atoms with Gasteiger partial charge in [-0.05, 0) is 44.1 Å². The fourth-order valence-corrected chi connectivity index (χ4v) is 3.89. The first-order chi connectivity index (χ1) is 9.72. The zero-order valence-corrected chi connectivity index (χ0v) is 12.8. The van der Waals surface area contributed by atoms with E-state index in [0.29, 0.717) is 12.0 Å². The van der Waals surface area contributed by atoms with Crippen LogP contribution in [-0.2, 0) is 0 Å². The van der Waals surface area contributed by atoms with Gasteiger partial charge in [-0.3, -0.25) is 0 Å². The second kappa shape index (κ2) is 5.56. The Balaban J connectivity index is 1.93. The van der Waals surface area contributed by atoms with Crippen LogP contribution in [0.15, 0.2) is 18.2 Å². The van der Waals surface area contributed by atoms with E-state index < -0.39 is 0 Å². The van der Waals surface area contributed by atoms with Crippen molar-refractivity contribution in [2.45, 2.75) is 37.0 Å². The largest absolute Gasteiger partial charge is 0.497 e. The lowest BCUT2D eigenvalue weighted by atomic mass is 9.94. The molecule has 1 saturated carbocycles. The lowest BCUT2D eigenvalue weighted by Gasteiger charge is -2.29. The molecule has 1 aliphatic carbocycles. The van der Waals surface area contributed by atoms with Gasteiger partial charge in [-0.15, -0.1) is 0 Å². The summed E-state index contributed by atoms with van der Waals surface area (Å²) in [6.45, 7) is 0. The molecule has 1 heterocycles. The van der Waals surface area contributed by atoms with Crippen LogP contribution in [0.4, 0.5) is 5.95 Å². The van der Waals surface area contributed by atoms with Gasteiger partial charge >= 0.3 is 0 Å². The van der Waals surface area contributed by atoms with Crippen molar-refractivity contribution in [3.8, 4) is 5.75 Å². The van der Waals surface area contributed by atoms with Crippen molar-refractivity contribution < 1.29 is 4.74 Å². The van der Waals surface area contributed by atoms with Crippen LogP contribution in [0.5, 0.6) is 5.75 Å². The van der Waals surface area contributed by atoms with Gasteiger partial charge in [-0.2, -0.15) is 11.8 Å². The van der Waals surface area contributed by atoms with Crippen molar-refractivity contribution in [3.63, 3.8) is 0 Å². The van der Waals surface area contributed by atoms with E-state index in [2.05, 4.69) is 21.9 Å². The van der Waals surface area contributed by atoms with E-state index in [1.54, 1.807) is 7.11 Å². The highest BCUT2D eigenvalue weighted by molar-refractivity contribution is 7.99. The van der Waals surface area contributed by atoms with Gasteiger partial charge < -0.3 is 15.0 Å². The Labute approximate surface area is 123 Å². The Hall–Kier alpha value is -1.36. The lowest BCUT2D eigenvalue weighted by molar-refractivity contribution is 0.370. The first-order valence-corrected chi connectivity index (χ1v) is 8.36. The van der Waals surface area contributed by atoms with E-state index in [0.717, 1.165) is 22.0 Å². The number of ether oxygens (including phenoxy) is 1. The van der Waals surface area contributed by atoms with Crippen LogP contribution in [0.1, 0.15) is 31.7 Å². The number of nitrogens with zero attached hydrogens (tertiary/aromatic N) is 2. The third-order valence-electron chi connectivity index (χ3n) is 4.27. The number of nitrogen functional groups attached to an aromatic ring is 1. The SMILES string of the molecule is COc1ccc2c(c1)nc(N)n2C1CCC(SC)CC1. The Morgan fingerprint density at radius 1 is 1.30 bits per heavy atom. The quantitative estimate of drug-likeness (QED) is 0.940. The number of imidazole rings is 1. The van der Waals surface area contributed by atoms with Gasteiger partial charge in [0.2, 0.25) is 5.95 Å². The van der Waals surface area contributed by atoms with Crippen molar-refractivity contribution in [1.29, 1.82) is 0 Å². The molecule has 20 heavy (non-hydrogen) atoms. The van der Waals surface area contributed by atoms with E-state index in [1.165, 1.54) is 25.7 Å². The monoisotopic (exact) mass is 291 g/mol. The minimum Gasteiger partial charge on any atom is -0.497 e. The van der Waals surface area contributed by atoms with Crippen LogP contribution in [0.2, 0.25) is 0 Å². The molecule has 1 fully saturated rings. The average molecular weight is 291 g/mol. The minimum absolute atomic E-state index is 0.483. The average Bonchev–Trinajstić information content (AvgIpc) is 2.82. The summed E-state index contributed by atoms with van der Waals surface area (Å²) in [5.41, 5.74) is 8.19. The van der Waals surface area contributed by atoms with Gasteiger partial charge in [0, 0.05) is 17.4 Å². The number of benzene rings is 1. The molecule has 0 atom stereocenters. The highest BCUT2D eigenvalue weighted by Crippen LogP contribution is 2.37. The lowest BCUT2D eigenvalue weighted by Crippen LogP contribution is -2.20. The summed E-state index contributed by atoms with van der Waals surface area (Å²) in [6, 6.07) is 6.48. The first kappa shape index (κ1) is 13.6. The summed E-state index contributed by atoms with van der Waals surface area (Å²) >= 11 is 1.99. The summed E-state index contributed by atoms with van der Waals surface area (Å²) in [5, 5.41) is 0.808. The standard InChI is InChI=1S/C15H21N3OS/c1-19-11-5-8-14-13(9-11)17-15(16)18(14)10-3-6-12(20-2)7-4-10/h5,8-10,12H,3-4,6-7H2,1-2H3,(H2,16,17). The molecule has 1 aromatic carbocycles. The van der Waals surface area contributed by atoms with Crippen molar-refractivity contribution >= 4 is 28.7 Å². The number of fused-ring (bicyclic) bond motifs is 1. The number of methoxy groups -OCH3 is 1. The molecule has 3 rings (SSSR count). The van der Waals surface area contributed by atoms with E-state index >= 15 is 0 Å². The first-order valence-electron chi connectivity index (χ1n) is 7.07. The molecular weight excluding hydrogens is 270 g/mol. The predicted octanol–water partition coefficient (Wildman–Crippen LogP) is 3.47. The van der Waals surface area contributed by atoms with Gasteiger partial charge in [0.25, 0.3) is 0 Å². The normalized spacial score (nSPS) is 23.1. The summed E-state index contributed by atoms with van der Waals surface area (Å²) in [4.78, 5) is 4.49. The summed E-state index contributed by atoms with van der Waals surface area (Å²) < 4.78 is 7.47. The Morgan fingerprint density at radius 3 is 2.70 bits per heavy atom. The summed E-state index contributed by atoms with van der Waals surface area (Å²) in [5.74, 6) is 1.45. The topological polar surface area (TPSA) is 53.1 Å². The molecule has 0 bridgehead atoms. The maximum Gasteiger partial charge on any atom is 0.201 e. The third kappa shape index (κ3) is 2.35. The highest BCUT2D eigenvalue weighted by Gasteiger charge is 2.24. The molecular formula is C15H21N3OS. The molecule has 0 aliphatic heterocycles. The smallest absolute Gasteiger partial charge is 0.201 e. The van der Waals surface area contributed by atoms with Gasteiger partial charge in [0.05, 0.1) is 18.1 Å². The van der Waals surface area contributed by atoms with E-state index in [-0.39, 0.29) is 0 Å². The van der Waals surface area contributed by atoms with Crippen LogP contribution in [-0.4, -0.2) is 28.2 Å². The van der Waals surface area contributed by atoms with Crippen molar-refractivity contribution in [3.05, 3.63) is 18.2 Å². The molecule has 0 amide bonds. The zero-order chi connectivity index (χ0) is 14.1. The Kier molecular flexibility index (Phi) is 3.78. The second-order valence-corrected chi connectivity index (χ2v) is 6.50.